The first-order chi connectivity index (χ1) is 9.76. The fourth-order valence-electron chi connectivity index (χ4n) is 3.71. The second-order valence-corrected chi connectivity index (χ2v) is 7.26. The van der Waals surface area contributed by atoms with Crippen LogP contribution >= 0.6 is 11.3 Å². The zero-order chi connectivity index (χ0) is 14.0. The number of hydrogen-bond acceptors (Lipinski definition) is 5. The van der Waals surface area contributed by atoms with E-state index in [1.165, 1.54) is 43.4 Å². The Kier molecular flexibility index (Phi) is 4.29. The van der Waals surface area contributed by atoms with Crippen molar-refractivity contribution in [1.82, 2.24) is 4.98 Å². The van der Waals surface area contributed by atoms with Crippen molar-refractivity contribution in [3.8, 4) is 0 Å². The molecule has 0 atom stereocenters. The molecule has 20 heavy (non-hydrogen) atoms. The number of piperidine rings is 1. The van der Waals surface area contributed by atoms with Crippen molar-refractivity contribution >= 4 is 16.5 Å². The van der Waals surface area contributed by atoms with E-state index < -0.39 is 0 Å². The van der Waals surface area contributed by atoms with Gasteiger partial charge in [-0.15, -0.1) is 11.3 Å². The number of thiazole rings is 1. The summed E-state index contributed by atoms with van der Waals surface area (Å²) in [4.78, 5) is 8.37. The molecule has 1 aliphatic carbocycles. The van der Waals surface area contributed by atoms with E-state index in [1.54, 1.807) is 18.4 Å². The molecule has 0 bridgehead atoms. The molecule has 1 saturated heterocycles. The third-order valence-corrected chi connectivity index (χ3v) is 6.17. The zero-order valence-electron chi connectivity index (χ0n) is 12.4. The Morgan fingerprint density at radius 3 is 2.55 bits per heavy atom. The Hall–Kier alpha value is -0.650. The van der Waals surface area contributed by atoms with Crippen molar-refractivity contribution in [1.29, 1.82) is 0 Å². The maximum absolute atomic E-state index is 5.81. The van der Waals surface area contributed by atoms with E-state index in [2.05, 4.69) is 4.90 Å². The number of rotatable bonds is 4. The molecule has 1 saturated carbocycles. The number of aromatic nitrogens is 1. The number of methoxy groups -OCH3 is 1. The molecule has 0 aromatic carbocycles. The van der Waals surface area contributed by atoms with Crippen LogP contribution in [0.25, 0.3) is 0 Å². The number of hydrogen-bond donors (Lipinski definition) is 1. The molecule has 0 radical (unpaired) electrons. The molecule has 112 valence electrons. The van der Waals surface area contributed by atoms with Gasteiger partial charge in [0.1, 0.15) is 0 Å². The predicted octanol–water partition coefficient (Wildman–Crippen LogP) is 2.91. The van der Waals surface area contributed by atoms with E-state index in [1.807, 2.05) is 0 Å². The number of anilines is 1. The SMILES string of the molecule is COCc1nc(N2CCC3(CCCC3)CC2)sc1CN. The molecule has 4 nitrogen and oxygen atoms in total. The lowest BCUT2D eigenvalue weighted by Gasteiger charge is -2.39. The Morgan fingerprint density at radius 2 is 1.95 bits per heavy atom. The minimum Gasteiger partial charge on any atom is -0.378 e. The summed E-state index contributed by atoms with van der Waals surface area (Å²) >= 11 is 1.75. The zero-order valence-corrected chi connectivity index (χ0v) is 13.2. The van der Waals surface area contributed by atoms with E-state index in [0.29, 0.717) is 18.6 Å². The highest BCUT2D eigenvalue weighted by molar-refractivity contribution is 7.15. The fraction of sp³-hybridized carbons (Fsp3) is 0.800. The number of ether oxygens (including phenoxy) is 1. The monoisotopic (exact) mass is 295 g/mol. The van der Waals surface area contributed by atoms with Crippen LogP contribution in [0.5, 0.6) is 0 Å². The Labute approximate surface area is 125 Å². The van der Waals surface area contributed by atoms with Crippen LogP contribution in [-0.4, -0.2) is 25.2 Å². The molecule has 5 heteroatoms. The molecule has 1 aromatic heterocycles. The molecule has 0 amide bonds. The Morgan fingerprint density at radius 1 is 1.25 bits per heavy atom. The summed E-state index contributed by atoms with van der Waals surface area (Å²) in [7, 11) is 1.71. The van der Waals surface area contributed by atoms with Gasteiger partial charge in [0.25, 0.3) is 0 Å². The van der Waals surface area contributed by atoms with E-state index in [9.17, 15) is 0 Å². The van der Waals surface area contributed by atoms with Crippen molar-refractivity contribution in [2.24, 2.45) is 11.1 Å². The van der Waals surface area contributed by atoms with Crippen LogP contribution in [0.2, 0.25) is 0 Å². The number of nitrogens with zero attached hydrogens (tertiary/aromatic N) is 2. The molecule has 0 unspecified atom stereocenters. The maximum atomic E-state index is 5.81. The highest BCUT2D eigenvalue weighted by atomic mass is 32.1. The van der Waals surface area contributed by atoms with Crippen LogP contribution < -0.4 is 10.6 Å². The summed E-state index contributed by atoms with van der Waals surface area (Å²) in [6.45, 7) is 3.45. The summed E-state index contributed by atoms with van der Waals surface area (Å²) in [5, 5.41) is 1.14. The minimum absolute atomic E-state index is 0.564. The second kappa shape index (κ2) is 6.00. The van der Waals surface area contributed by atoms with E-state index in [-0.39, 0.29) is 0 Å². The fourth-order valence-corrected chi connectivity index (χ4v) is 4.70. The quantitative estimate of drug-likeness (QED) is 0.928. The maximum Gasteiger partial charge on any atom is 0.185 e. The third-order valence-electron chi connectivity index (χ3n) is 4.99. The van der Waals surface area contributed by atoms with E-state index in [0.717, 1.165) is 23.9 Å². The van der Waals surface area contributed by atoms with Crippen molar-refractivity contribution in [3.05, 3.63) is 10.6 Å². The van der Waals surface area contributed by atoms with Crippen molar-refractivity contribution in [3.63, 3.8) is 0 Å². The van der Waals surface area contributed by atoms with Gasteiger partial charge in [-0.1, -0.05) is 12.8 Å². The summed E-state index contributed by atoms with van der Waals surface area (Å²) in [6.07, 6.45) is 8.44. The number of nitrogens with two attached hydrogens (primary N) is 1. The Bertz CT molecular complexity index is 444. The largest absolute Gasteiger partial charge is 0.378 e. The van der Waals surface area contributed by atoms with Crippen LogP contribution in [0.3, 0.4) is 0 Å². The summed E-state index contributed by atoms with van der Waals surface area (Å²) in [5.74, 6) is 0. The lowest BCUT2D eigenvalue weighted by atomic mass is 9.77. The smallest absolute Gasteiger partial charge is 0.185 e. The van der Waals surface area contributed by atoms with Gasteiger partial charge in [-0.25, -0.2) is 4.98 Å². The summed E-state index contributed by atoms with van der Waals surface area (Å²) in [5.41, 5.74) is 7.51. The van der Waals surface area contributed by atoms with Crippen molar-refractivity contribution in [2.75, 3.05) is 25.1 Å². The first-order valence-electron chi connectivity index (χ1n) is 7.69. The molecule has 1 spiro atoms. The van der Waals surface area contributed by atoms with Gasteiger partial charge in [0.15, 0.2) is 5.13 Å². The molecule has 2 aliphatic rings. The first-order valence-corrected chi connectivity index (χ1v) is 8.50. The van der Waals surface area contributed by atoms with Crippen LogP contribution in [-0.2, 0) is 17.9 Å². The van der Waals surface area contributed by atoms with Gasteiger partial charge >= 0.3 is 0 Å². The van der Waals surface area contributed by atoms with Crippen molar-refractivity contribution < 1.29 is 4.74 Å². The topological polar surface area (TPSA) is 51.4 Å². The van der Waals surface area contributed by atoms with Gasteiger partial charge in [0, 0.05) is 31.6 Å². The molecule has 1 aromatic rings. The predicted molar refractivity (Wildman–Crippen MR) is 83.1 cm³/mol. The molecular weight excluding hydrogens is 270 g/mol. The van der Waals surface area contributed by atoms with Gasteiger partial charge in [-0.2, -0.15) is 0 Å². The average Bonchev–Trinajstić information content (AvgIpc) is 3.08. The molecule has 3 rings (SSSR count). The molecule has 1 aliphatic heterocycles. The highest BCUT2D eigenvalue weighted by Crippen LogP contribution is 2.47. The molecular formula is C15H25N3OS. The average molecular weight is 295 g/mol. The lowest BCUT2D eigenvalue weighted by Crippen LogP contribution is -2.38. The molecule has 2 fully saturated rings. The van der Waals surface area contributed by atoms with Crippen LogP contribution in [0.15, 0.2) is 0 Å². The first kappa shape index (κ1) is 14.3. The summed E-state index contributed by atoms with van der Waals surface area (Å²) < 4.78 is 5.22. The second-order valence-electron chi connectivity index (χ2n) is 6.20. The van der Waals surface area contributed by atoms with Gasteiger partial charge in [-0.3, -0.25) is 0 Å². The van der Waals surface area contributed by atoms with Gasteiger partial charge in [0.05, 0.1) is 12.3 Å². The van der Waals surface area contributed by atoms with E-state index in [4.69, 9.17) is 15.5 Å². The summed E-state index contributed by atoms with van der Waals surface area (Å²) in [6, 6.07) is 0. The normalized spacial score (nSPS) is 21.8. The van der Waals surface area contributed by atoms with Crippen molar-refractivity contribution in [2.45, 2.75) is 51.7 Å². The lowest BCUT2D eigenvalue weighted by molar-refractivity contribution is 0.181. The standard InChI is InChI=1S/C15H25N3OS/c1-19-11-12-13(10-16)20-14(17-12)18-8-6-15(7-9-18)4-2-3-5-15/h2-11,16H2,1H3. The van der Waals surface area contributed by atoms with Gasteiger partial charge < -0.3 is 15.4 Å². The van der Waals surface area contributed by atoms with E-state index >= 15 is 0 Å². The molecule has 2 heterocycles. The third kappa shape index (κ3) is 2.71. The molecule has 2 N–H and O–H groups in total. The van der Waals surface area contributed by atoms with Crippen LogP contribution in [0, 0.1) is 5.41 Å². The minimum atomic E-state index is 0.564. The van der Waals surface area contributed by atoms with Gasteiger partial charge in [0.2, 0.25) is 0 Å². The Balaban J connectivity index is 1.68. The van der Waals surface area contributed by atoms with Crippen LogP contribution in [0.1, 0.15) is 49.1 Å². The van der Waals surface area contributed by atoms with Crippen LogP contribution in [0.4, 0.5) is 5.13 Å². The van der Waals surface area contributed by atoms with Gasteiger partial charge in [-0.05, 0) is 31.1 Å². The highest BCUT2D eigenvalue weighted by Gasteiger charge is 2.37.